The third-order valence-electron chi connectivity index (χ3n) is 4.89. The molecule has 5 nitrogen and oxygen atoms in total. The molecular formula is C27H22N2O3. The summed E-state index contributed by atoms with van der Waals surface area (Å²) < 4.78 is 5.85. The van der Waals surface area contributed by atoms with E-state index in [1.165, 1.54) is 12.2 Å². The Balaban J connectivity index is 1.35. The average Bonchev–Trinajstić information content (AvgIpc) is 3.24. The van der Waals surface area contributed by atoms with Gasteiger partial charge < -0.3 is 9.72 Å². The molecule has 0 aliphatic carbocycles. The lowest BCUT2D eigenvalue weighted by Gasteiger charge is -2.08. The molecule has 0 aliphatic rings. The molecule has 2 heterocycles. The molecule has 1 N–H and O–H groups in total. The zero-order valence-corrected chi connectivity index (χ0v) is 17.4. The van der Waals surface area contributed by atoms with Gasteiger partial charge >= 0.3 is 0 Å². The van der Waals surface area contributed by atoms with Crippen molar-refractivity contribution in [2.24, 2.45) is 0 Å². The highest BCUT2D eigenvalue weighted by atomic mass is 16.5. The van der Waals surface area contributed by atoms with Gasteiger partial charge in [-0.15, -0.1) is 0 Å². The first-order valence-corrected chi connectivity index (χ1v) is 10.3. The first kappa shape index (κ1) is 21.0. The highest BCUT2D eigenvalue weighted by Gasteiger charge is 2.06. The number of fused-ring (bicyclic) bond motifs is 1. The smallest absolute Gasteiger partial charge is 0.163 e. The molecule has 158 valence electrons. The van der Waals surface area contributed by atoms with E-state index >= 15 is 0 Å². The molecule has 4 aromatic rings. The summed E-state index contributed by atoms with van der Waals surface area (Å²) in [6, 6.07) is 20.9. The second-order valence-electron chi connectivity index (χ2n) is 7.21. The summed E-state index contributed by atoms with van der Waals surface area (Å²) in [5, 5.41) is 1.03. The molecule has 0 saturated heterocycles. The van der Waals surface area contributed by atoms with Crippen LogP contribution in [0.3, 0.4) is 0 Å². The SMILES string of the molecule is O=C(C=Cc1ccccc1OCc1ccccn1)CC(=O)C=Cc1c[nH]c2ccccc12. The number of ketones is 2. The topological polar surface area (TPSA) is 72.0 Å². The zero-order valence-electron chi connectivity index (χ0n) is 17.4. The lowest BCUT2D eigenvalue weighted by Crippen LogP contribution is -2.02. The van der Waals surface area contributed by atoms with E-state index in [-0.39, 0.29) is 18.0 Å². The molecule has 2 aromatic heterocycles. The number of hydrogen-bond acceptors (Lipinski definition) is 4. The van der Waals surface area contributed by atoms with E-state index in [0.717, 1.165) is 27.7 Å². The van der Waals surface area contributed by atoms with Crippen LogP contribution in [0.2, 0.25) is 0 Å². The number of benzene rings is 2. The Morgan fingerprint density at radius 2 is 1.56 bits per heavy atom. The summed E-state index contributed by atoms with van der Waals surface area (Å²) in [4.78, 5) is 31.9. The predicted molar refractivity (Wildman–Crippen MR) is 126 cm³/mol. The Kier molecular flexibility index (Phi) is 6.68. The van der Waals surface area contributed by atoms with Crippen molar-refractivity contribution in [3.05, 3.63) is 108 Å². The number of allylic oxidation sites excluding steroid dienone is 2. The summed E-state index contributed by atoms with van der Waals surface area (Å²) in [5.41, 5.74) is 3.49. The molecule has 5 heteroatoms. The summed E-state index contributed by atoms with van der Waals surface area (Å²) in [6.45, 7) is 0.330. The largest absolute Gasteiger partial charge is 0.487 e. The number of aromatic amines is 1. The Hall–Kier alpha value is -4.25. The van der Waals surface area contributed by atoms with Gasteiger partial charge in [0.05, 0.1) is 12.1 Å². The highest BCUT2D eigenvalue weighted by Crippen LogP contribution is 2.21. The van der Waals surface area contributed by atoms with E-state index in [2.05, 4.69) is 9.97 Å². The molecule has 32 heavy (non-hydrogen) atoms. The van der Waals surface area contributed by atoms with Crippen LogP contribution >= 0.6 is 0 Å². The van der Waals surface area contributed by atoms with Gasteiger partial charge in [0.1, 0.15) is 12.4 Å². The maximum absolute atomic E-state index is 12.3. The van der Waals surface area contributed by atoms with Crippen molar-refractivity contribution in [3.63, 3.8) is 0 Å². The fourth-order valence-electron chi connectivity index (χ4n) is 3.27. The fraction of sp³-hybridized carbons (Fsp3) is 0.0741. The number of nitrogens with zero attached hydrogens (tertiary/aromatic N) is 1. The van der Waals surface area contributed by atoms with Crippen LogP contribution in [0.4, 0.5) is 0 Å². The number of ether oxygens (including phenoxy) is 1. The van der Waals surface area contributed by atoms with Gasteiger partial charge in [-0.25, -0.2) is 0 Å². The van der Waals surface area contributed by atoms with E-state index in [0.29, 0.717) is 12.4 Å². The maximum atomic E-state index is 12.3. The van der Waals surface area contributed by atoms with Crippen molar-refractivity contribution in [1.82, 2.24) is 9.97 Å². The number of carbonyl (C=O) groups excluding carboxylic acids is 2. The lowest BCUT2D eigenvalue weighted by atomic mass is 10.1. The molecular weight excluding hydrogens is 400 g/mol. The van der Waals surface area contributed by atoms with Gasteiger partial charge in [0.15, 0.2) is 11.6 Å². The Morgan fingerprint density at radius 3 is 2.38 bits per heavy atom. The number of hydrogen-bond donors (Lipinski definition) is 1. The van der Waals surface area contributed by atoms with Crippen LogP contribution < -0.4 is 4.74 Å². The maximum Gasteiger partial charge on any atom is 0.163 e. The van der Waals surface area contributed by atoms with Crippen molar-refractivity contribution < 1.29 is 14.3 Å². The number of aromatic nitrogens is 2. The van der Waals surface area contributed by atoms with Crippen LogP contribution in [0.5, 0.6) is 5.75 Å². The monoisotopic (exact) mass is 422 g/mol. The van der Waals surface area contributed by atoms with Crippen molar-refractivity contribution in [3.8, 4) is 5.75 Å². The van der Waals surface area contributed by atoms with E-state index in [1.54, 1.807) is 18.3 Å². The quantitative estimate of drug-likeness (QED) is 0.290. The van der Waals surface area contributed by atoms with Gasteiger partial charge in [-0.05, 0) is 54.1 Å². The molecule has 0 spiro atoms. The minimum Gasteiger partial charge on any atom is -0.487 e. The van der Waals surface area contributed by atoms with E-state index in [9.17, 15) is 9.59 Å². The van der Waals surface area contributed by atoms with E-state index < -0.39 is 0 Å². The Bertz CT molecular complexity index is 1290. The normalized spacial score (nSPS) is 11.4. The Morgan fingerprint density at radius 1 is 0.844 bits per heavy atom. The average molecular weight is 422 g/mol. The van der Waals surface area contributed by atoms with Crippen molar-refractivity contribution in [1.29, 1.82) is 0 Å². The fourth-order valence-corrected chi connectivity index (χ4v) is 3.27. The van der Waals surface area contributed by atoms with Crippen LogP contribution in [0.15, 0.2) is 91.3 Å². The second kappa shape index (κ2) is 10.2. The van der Waals surface area contributed by atoms with Crippen LogP contribution in [0, 0.1) is 0 Å². The number of carbonyl (C=O) groups is 2. The summed E-state index contributed by atoms with van der Waals surface area (Å²) >= 11 is 0. The number of nitrogens with one attached hydrogen (secondary N) is 1. The standard InChI is InChI=1S/C27H22N2O3/c30-23(17-24(31)15-13-21-18-29-26-10-3-2-9-25(21)26)14-12-20-7-1-4-11-27(20)32-19-22-8-5-6-16-28-22/h1-16,18,29H,17,19H2. The summed E-state index contributed by atoms with van der Waals surface area (Å²) in [6.07, 6.45) is 9.65. The summed E-state index contributed by atoms with van der Waals surface area (Å²) in [5.74, 6) is 0.135. The predicted octanol–water partition coefficient (Wildman–Crippen LogP) is 5.40. The molecule has 0 saturated carbocycles. The zero-order chi connectivity index (χ0) is 22.2. The van der Waals surface area contributed by atoms with Crippen LogP contribution in [0.1, 0.15) is 23.2 Å². The first-order chi connectivity index (χ1) is 15.7. The first-order valence-electron chi connectivity index (χ1n) is 10.3. The molecule has 0 amide bonds. The van der Waals surface area contributed by atoms with Gasteiger partial charge in [0, 0.05) is 28.9 Å². The highest BCUT2D eigenvalue weighted by molar-refractivity contribution is 6.11. The number of H-pyrrole nitrogens is 1. The summed E-state index contributed by atoms with van der Waals surface area (Å²) in [7, 11) is 0. The van der Waals surface area contributed by atoms with Crippen molar-refractivity contribution in [2.75, 3.05) is 0 Å². The van der Waals surface area contributed by atoms with Gasteiger partial charge in [0.25, 0.3) is 0 Å². The molecule has 0 unspecified atom stereocenters. The molecule has 0 atom stereocenters. The van der Waals surface area contributed by atoms with Crippen LogP contribution in [-0.4, -0.2) is 21.5 Å². The minimum atomic E-state index is -0.266. The number of para-hydroxylation sites is 2. The number of pyridine rings is 1. The molecule has 4 rings (SSSR count). The minimum absolute atomic E-state index is 0.188. The van der Waals surface area contributed by atoms with Crippen molar-refractivity contribution >= 4 is 34.6 Å². The molecule has 0 aliphatic heterocycles. The van der Waals surface area contributed by atoms with Crippen LogP contribution in [0.25, 0.3) is 23.1 Å². The molecule has 2 aromatic carbocycles. The van der Waals surface area contributed by atoms with Crippen molar-refractivity contribution in [2.45, 2.75) is 13.0 Å². The van der Waals surface area contributed by atoms with E-state index in [1.807, 2.05) is 72.9 Å². The van der Waals surface area contributed by atoms with Gasteiger partial charge in [-0.3, -0.25) is 14.6 Å². The van der Waals surface area contributed by atoms with Gasteiger partial charge in [0.2, 0.25) is 0 Å². The third-order valence-corrected chi connectivity index (χ3v) is 4.89. The second-order valence-corrected chi connectivity index (χ2v) is 7.21. The lowest BCUT2D eigenvalue weighted by molar-refractivity contribution is -0.121. The van der Waals surface area contributed by atoms with Gasteiger partial charge in [-0.1, -0.05) is 42.5 Å². The Labute approximate surface area is 186 Å². The van der Waals surface area contributed by atoms with E-state index in [4.69, 9.17) is 4.74 Å². The van der Waals surface area contributed by atoms with Gasteiger partial charge in [-0.2, -0.15) is 0 Å². The molecule has 0 fully saturated rings. The third kappa shape index (κ3) is 5.46. The molecule has 0 radical (unpaired) electrons. The van der Waals surface area contributed by atoms with Crippen LogP contribution in [-0.2, 0) is 16.2 Å². The number of rotatable bonds is 9. The molecule has 0 bridgehead atoms.